The van der Waals surface area contributed by atoms with Crippen LogP contribution in [-0.2, 0) is 0 Å². The van der Waals surface area contributed by atoms with Crippen LogP contribution in [0.3, 0.4) is 0 Å². The molecule has 0 bridgehead atoms. The SMILES string of the molecule is O=C(O)c1ccc2nc(-c3cscn3)oc2c1. The number of fused-ring (bicyclic) bond motifs is 1. The summed E-state index contributed by atoms with van der Waals surface area (Å²) in [6.07, 6.45) is 0. The van der Waals surface area contributed by atoms with E-state index in [0.29, 0.717) is 22.7 Å². The van der Waals surface area contributed by atoms with Crippen LogP contribution in [0.15, 0.2) is 33.5 Å². The zero-order chi connectivity index (χ0) is 11.8. The second-order valence-electron chi connectivity index (χ2n) is 3.38. The van der Waals surface area contributed by atoms with E-state index in [2.05, 4.69) is 9.97 Å². The molecule has 5 nitrogen and oxygen atoms in total. The van der Waals surface area contributed by atoms with Gasteiger partial charge >= 0.3 is 5.97 Å². The smallest absolute Gasteiger partial charge is 0.335 e. The molecule has 6 heteroatoms. The van der Waals surface area contributed by atoms with Crippen LogP contribution in [0.1, 0.15) is 10.4 Å². The highest BCUT2D eigenvalue weighted by molar-refractivity contribution is 7.07. The normalized spacial score (nSPS) is 10.8. The second kappa shape index (κ2) is 3.67. The number of nitrogens with zero attached hydrogens (tertiary/aromatic N) is 2. The molecule has 1 aromatic carbocycles. The molecule has 0 aliphatic heterocycles. The second-order valence-corrected chi connectivity index (χ2v) is 4.10. The lowest BCUT2D eigenvalue weighted by Gasteiger charge is -1.91. The molecule has 0 amide bonds. The zero-order valence-corrected chi connectivity index (χ0v) is 9.27. The van der Waals surface area contributed by atoms with Gasteiger partial charge < -0.3 is 9.52 Å². The van der Waals surface area contributed by atoms with E-state index < -0.39 is 5.97 Å². The van der Waals surface area contributed by atoms with Crippen molar-refractivity contribution < 1.29 is 14.3 Å². The number of aromatic carboxylic acids is 1. The van der Waals surface area contributed by atoms with E-state index in [1.54, 1.807) is 11.6 Å². The van der Waals surface area contributed by atoms with E-state index in [-0.39, 0.29) is 5.56 Å². The summed E-state index contributed by atoms with van der Waals surface area (Å²) < 4.78 is 5.47. The first-order valence-electron chi connectivity index (χ1n) is 4.76. The van der Waals surface area contributed by atoms with Crippen LogP contribution in [0, 0.1) is 0 Å². The van der Waals surface area contributed by atoms with Crippen molar-refractivity contribution in [1.29, 1.82) is 0 Å². The van der Waals surface area contributed by atoms with Crippen molar-refractivity contribution in [2.45, 2.75) is 0 Å². The summed E-state index contributed by atoms with van der Waals surface area (Å²) in [5.41, 5.74) is 3.60. The summed E-state index contributed by atoms with van der Waals surface area (Å²) in [7, 11) is 0. The van der Waals surface area contributed by atoms with Gasteiger partial charge in [0, 0.05) is 5.38 Å². The average molecular weight is 246 g/mol. The van der Waals surface area contributed by atoms with Gasteiger partial charge in [0.1, 0.15) is 11.2 Å². The van der Waals surface area contributed by atoms with Gasteiger partial charge in [-0.05, 0) is 18.2 Å². The summed E-state index contributed by atoms with van der Waals surface area (Å²) in [6, 6.07) is 4.58. The highest BCUT2D eigenvalue weighted by Crippen LogP contribution is 2.24. The lowest BCUT2D eigenvalue weighted by molar-refractivity contribution is 0.0697. The Labute approximate surface area is 99.4 Å². The average Bonchev–Trinajstić information content (AvgIpc) is 2.96. The number of carboxylic acid groups (broad SMARTS) is 1. The quantitative estimate of drug-likeness (QED) is 0.752. The van der Waals surface area contributed by atoms with Gasteiger partial charge in [-0.1, -0.05) is 0 Å². The van der Waals surface area contributed by atoms with E-state index in [4.69, 9.17) is 9.52 Å². The molecule has 2 aromatic heterocycles. The van der Waals surface area contributed by atoms with Crippen molar-refractivity contribution in [2.24, 2.45) is 0 Å². The monoisotopic (exact) mass is 246 g/mol. The van der Waals surface area contributed by atoms with Crippen LogP contribution in [-0.4, -0.2) is 21.0 Å². The maximum absolute atomic E-state index is 10.8. The molecule has 0 atom stereocenters. The molecule has 0 aliphatic rings. The van der Waals surface area contributed by atoms with Crippen LogP contribution in [0.5, 0.6) is 0 Å². The number of aromatic nitrogens is 2. The van der Waals surface area contributed by atoms with Gasteiger partial charge in [-0.3, -0.25) is 0 Å². The summed E-state index contributed by atoms with van der Waals surface area (Å²) >= 11 is 1.45. The van der Waals surface area contributed by atoms with E-state index in [1.807, 2.05) is 5.38 Å². The third kappa shape index (κ3) is 1.68. The van der Waals surface area contributed by atoms with Crippen molar-refractivity contribution >= 4 is 28.4 Å². The van der Waals surface area contributed by atoms with Crippen molar-refractivity contribution in [3.05, 3.63) is 34.7 Å². The lowest BCUT2D eigenvalue weighted by atomic mass is 10.2. The molecular weight excluding hydrogens is 240 g/mol. The Hall–Kier alpha value is -2.21. The van der Waals surface area contributed by atoms with E-state index >= 15 is 0 Å². The number of rotatable bonds is 2. The number of oxazole rings is 1. The van der Waals surface area contributed by atoms with E-state index in [0.717, 1.165) is 0 Å². The first kappa shape index (κ1) is 9.98. The molecule has 0 spiro atoms. The number of hydrogen-bond acceptors (Lipinski definition) is 5. The third-order valence-electron chi connectivity index (χ3n) is 2.29. The van der Waals surface area contributed by atoms with Crippen LogP contribution >= 0.6 is 11.3 Å². The third-order valence-corrected chi connectivity index (χ3v) is 2.87. The highest BCUT2D eigenvalue weighted by Gasteiger charge is 2.11. The predicted molar refractivity (Wildman–Crippen MR) is 62.1 cm³/mol. The van der Waals surface area contributed by atoms with Gasteiger partial charge in [-0.25, -0.2) is 14.8 Å². The van der Waals surface area contributed by atoms with Crippen LogP contribution in [0.4, 0.5) is 0 Å². The molecular formula is C11H6N2O3S. The summed E-state index contributed by atoms with van der Waals surface area (Å²) in [6.45, 7) is 0. The Balaban J connectivity index is 2.16. The van der Waals surface area contributed by atoms with Gasteiger partial charge in [0.05, 0.1) is 11.1 Å². The first-order chi connectivity index (χ1) is 8.24. The molecule has 0 saturated heterocycles. The molecule has 0 radical (unpaired) electrons. The number of thiazole rings is 1. The molecule has 84 valence electrons. The Bertz CT molecular complexity index is 688. The van der Waals surface area contributed by atoms with E-state index in [1.165, 1.54) is 23.5 Å². The fraction of sp³-hybridized carbons (Fsp3) is 0. The maximum Gasteiger partial charge on any atom is 0.335 e. The van der Waals surface area contributed by atoms with Crippen LogP contribution in [0.25, 0.3) is 22.7 Å². The van der Waals surface area contributed by atoms with Crippen LogP contribution < -0.4 is 0 Å². The van der Waals surface area contributed by atoms with E-state index in [9.17, 15) is 4.79 Å². The van der Waals surface area contributed by atoms with Crippen molar-refractivity contribution in [3.63, 3.8) is 0 Å². The molecule has 3 aromatic rings. The van der Waals surface area contributed by atoms with Gasteiger partial charge in [-0.15, -0.1) is 11.3 Å². The molecule has 1 N–H and O–H groups in total. The topological polar surface area (TPSA) is 76.2 Å². The summed E-state index contributed by atoms with van der Waals surface area (Å²) in [5, 5.41) is 10.7. The fourth-order valence-corrected chi connectivity index (χ4v) is 2.01. The molecule has 0 fully saturated rings. The van der Waals surface area contributed by atoms with Crippen molar-refractivity contribution in [3.8, 4) is 11.6 Å². The fourth-order valence-electron chi connectivity index (χ4n) is 1.49. The molecule has 3 rings (SSSR count). The number of benzene rings is 1. The van der Waals surface area contributed by atoms with Crippen molar-refractivity contribution in [1.82, 2.24) is 9.97 Å². The minimum atomic E-state index is -0.987. The molecule has 0 aliphatic carbocycles. The van der Waals surface area contributed by atoms with Gasteiger partial charge in [0.25, 0.3) is 0 Å². The van der Waals surface area contributed by atoms with Crippen LogP contribution in [0.2, 0.25) is 0 Å². The first-order valence-corrected chi connectivity index (χ1v) is 5.71. The largest absolute Gasteiger partial charge is 0.478 e. The number of carboxylic acids is 1. The Morgan fingerprint density at radius 2 is 2.29 bits per heavy atom. The molecule has 17 heavy (non-hydrogen) atoms. The Kier molecular flexibility index (Phi) is 2.15. The maximum atomic E-state index is 10.8. The minimum absolute atomic E-state index is 0.179. The summed E-state index contributed by atoms with van der Waals surface area (Å²) in [4.78, 5) is 19.1. The molecule has 0 saturated carbocycles. The lowest BCUT2D eigenvalue weighted by Crippen LogP contribution is -1.94. The standard InChI is InChI=1S/C11H6N2O3S/c14-11(15)6-1-2-7-9(3-6)16-10(13-7)8-4-17-5-12-8/h1-5H,(H,14,15). The van der Waals surface area contributed by atoms with Crippen molar-refractivity contribution in [2.75, 3.05) is 0 Å². The molecule has 0 unspecified atom stereocenters. The molecule has 2 heterocycles. The van der Waals surface area contributed by atoms with Gasteiger partial charge in [0.15, 0.2) is 5.58 Å². The summed E-state index contributed by atoms with van der Waals surface area (Å²) in [5.74, 6) is -0.581. The predicted octanol–water partition coefficient (Wildman–Crippen LogP) is 2.65. The number of carbonyl (C=O) groups is 1. The Morgan fingerprint density at radius 1 is 1.41 bits per heavy atom. The Morgan fingerprint density at radius 3 is 3.00 bits per heavy atom. The van der Waals surface area contributed by atoms with Gasteiger partial charge in [0.2, 0.25) is 5.89 Å². The highest BCUT2D eigenvalue weighted by atomic mass is 32.1. The van der Waals surface area contributed by atoms with Gasteiger partial charge in [-0.2, -0.15) is 0 Å². The minimum Gasteiger partial charge on any atom is -0.478 e. The zero-order valence-electron chi connectivity index (χ0n) is 8.45. The number of hydrogen-bond donors (Lipinski definition) is 1.